The molecule has 2 fully saturated rings. The number of rotatable bonds is 5. The molecule has 33 heavy (non-hydrogen) atoms. The zero-order valence-corrected chi connectivity index (χ0v) is 19.5. The van der Waals surface area contributed by atoms with Crippen molar-refractivity contribution in [3.8, 4) is 5.75 Å². The Kier molecular flexibility index (Phi) is 7.82. The van der Waals surface area contributed by atoms with Gasteiger partial charge in [-0.1, -0.05) is 55.3 Å². The topological polar surface area (TPSA) is 49.9 Å². The number of carbonyl (C=O) groups is 2. The molecule has 2 saturated heterocycles. The first-order chi connectivity index (χ1) is 16.2. The molecule has 0 aromatic heterocycles. The van der Waals surface area contributed by atoms with E-state index >= 15 is 0 Å². The number of benzene rings is 2. The van der Waals surface area contributed by atoms with E-state index < -0.39 is 0 Å². The molecule has 5 nitrogen and oxygen atoms in total. The summed E-state index contributed by atoms with van der Waals surface area (Å²) in [6, 6.07) is 18.1. The SMILES string of the molecule is COc1ccc([C@@H]2CCCCCN2C(=O)C2CCN(C(=O)/C=C/c3ccccc3)CC2)cc1. The molecular formula is C28H34N2O3. The van der Waals surface area contributed by atoms with E-state index in [0.717, 1.165) is 56.4 Å². The van der Waals surface area contributed by atoms with Crippen molar-refractivity contribution in [2.75, 3.05) is 26.7 Å². The zero-order valence-electron chi connectivity index (χ0n) is 19.5. The highest BCUT2D eigenvalue weighted by Gasteiger charge is 2.34. The molecule has 0 unspecified atom stereocenters. The highest BCUT2D eigenvalue weighted by Crippen LogP contribution is 2.33. The van der Waals surface area contributed by atoms with Crippen molar-refractivity contribution in [1.82, 2.24) is 9.80 Å². The predicted molar refractivity (Wildman–Crippen MR) is 131 cm³/mol. The molecule has 2 aliphatic rings. The van der Waals surface area contributed by atoms with Crippen LogP contribution in [0, 0.1) is 5.92 Å². The van der Waals surface area contributed by atoms with Gasteiger partial charge in [0.2, 0.25) is 11.8 Å². The van der Waals surface area contributed by atoms with E-state index in [4.69, 9.17) is 4.74 Å². The van der Waals surface area contributed by atoms with Crippen LogP contribution < -0.4 is 4.74 Å². The minimum atomic E-state index is -0.00833. The second-order valence-corrected chi connectivity index (χ2v) is 9.01. The summed E-state index contributed by atoms with van der Waals surface area (Å²) < 4.78 is 5.30. The largest absolute Gasteiger partial charge is 0.497 e. The molecule has 2 aliphatic heterocycles. The van der Waals surface area contributed by atoms with Gasteiger partial charge in [-0.15, -0.1) is 0 Å². The highest BCUT2D eigenvalue weighted by molar-refractivity contribution is 5.92. The van der Waals surface area contributed by atoms with Crippen molar-refractivity contribution in [1.29, 1.82) is 0 Å². The van der Waals surface area contributed by atoms with Crippen LogP contribution in [0.2, 0.25) is 0 Å². The smallest absolute Gasteiger partial charge is 0.246 e. The first kappa shape index (κ1) is 23.1. The Morgan fingerprint density at radius 1 is 0.879 bits per heavy atom. The quantitative estimate of drug-likeness (QED) is 0.601. The van der Waals surface area contributed by atoms with Crippen LogP contribution in [0.15, 0.2) is 60.7 Å². The number of ether oxygens (including phenoxy) is 1. The van der Waals surface area contributed by atoms with Crippen LogP contribution in [-0.2, 0) is 9.59 Å². The van der Waals surface area contributed by atoms with Crippen LogP contribution in [0.4, 0.5) is 0 Å². The Balaban J connectivity index is 1.37. The maximum atomic E-state index is 13.6. The summed E-state index contributed by atoms with van der Waals surface area (Å²) in [6.45, 7) is 2.08. The number of likely N-dealkylation sites (tertiary alicyclic amines) is 2. The van der Waals surface area contributed by atoms with Crippen molar-refractivity contribution in [3.05, 3.63) is 71.8 Å². The van der Waals surface area contributed by atoms with Gasteiger partial charge in [0.15, 0.2) is 0 Å². The van der Waals surface area contributed by atoms with Gasteiger partial charge in [0.25, 0.3) is 0 Å². The molecule has 1 atom stereocenters. The molecule has 2 heterocycles. The summed E-state index contributed by atoms with van der Waals surface area (Å²) in [5.74, 6) is 1.11. The summed E-state index contributed by atoms with van der Waals surface area (Å²) in [5, 5.41) is 0. The Labute approximate surface area is 197 Å². The van der Waals surface area contributed by atoms with Crippen molar-refractivity contribution in [3.63, 3.8) is 0 Å². The third-order valence-corrected chi connectivity index (χ3v) is 6.91. The average Bonchev–Trinajstić information content (AvgIpc) is 3.14. The molecule has 2 amide bonds. The van der Waals surface area contributed by atoms with Gasteiger partial charge in [0, 0.05) is 31.6 Å². The summed E-state index contributed by atoms with van der Waals surface area (Å²) in [5.41, 5.74) is 2.20. The highest BCUT2D eigenvalue weighted by atomic mass is 16.5. The van der Waals surface area contributed by atoms with Crippen LogP contribution in [0.25, 0.3) is 6.08 Å². The number of hydrogen-bond acceptors (Lipinski definition) is 3. The third-order valence-electron chi connectivity index (χ3n) is 6.91. The molecule has 4 rings (SSSR count). The lowest BCUT2D eigenvalue weighted by molar-refractivity contribution is -0.141. The molecule has 0 bridgehead atoms. The van der Waals surface area contributed by atoms with E-state index in [-0.39, 0.29) is 23.8 Å². The fraction of sp³-hybridized carbons (Fsp3) is 0.429. The van der Waals surface area contributed by atoms with Gasteiger partial charge in [-0.05, 0) is 55.0 Å². The summed E-state index contributed by atoms with van der Waals surface area (Å²) in [4.78, 5) is 30.2. The number of piperidine rings is 1. The zero-order chi connectivity index (χ0) is 23.0. The second kappa shape index (κ2) is 11.2. The van der Waals surface area contributed by atoms with Crippen LogP contribution in [0.1, 0.15) is 55.7 Å². The van der Waals surface area contributed by atoms with E-state index in [9.17, 15) is 9.59 Å². The van der Waals surface area contributed by atoms with Crippen molar-refractivity contribution in [2.45, 2.75) is 44.6 Å². The van der Waals surface area contributed by atoms with E-state index in [2.05, 4.69) is 17.0 Å². The Morgan fingerprint density at radius 3 is 2.30 bits per heavy atom. The fourth-order valence-corrected chi connectivity index (χ4v) is 4.96. The molecule has 0 saturated carbocycles. The van der Waals surface area contributed by atoms with Crippen molar-refractivity contribution >= 4 is 17.9 Å². The number of carbonyl (C=O) groups excluding carboxylic acids is 2. The summed E-state index contributed by atoms with van der Waals surface area (Å²) in [6.07, 6.45) is 9.32. The number of hydrogen-bond donors (Lipinski definition) is 0. The van der Waals surface area contributed by atoms with Gasteiger partial charge >= 0.3 is 0 Å². The van der Waals surface area contributed by atoms with Gasteiger partial charge in [-0.2, -0.15) is 0 Å². The van der Waals surface area contributed by atoms with Crippen LogP contribution in [0.5, 0.6) is 5.75 Å². The molecular weight excluding hydrogens is 412 g/mol. The lowest BCUT2D eigenvalue weighted by Gasteiger charge is -2.37. The lowest BCUT2D eigenvalue weighted by Crippen LogP contribution is -2.45. The normalized spacial score (nSPS) is 20.0. The van der Waals surface area contributed by atoms with Crippen LogP contribution in [0.3, 0.4) is 0 Å². The summed E-state index contributed by atoms with van der Waals surface area (Å²) in [7, 11) is 1.67. The number of amides is 2. The Bertz CT molecular complexity index is 947. The van der Waals surface area contributed by atoms with E-state index in [1.54, 1.807) is 13.2 Å². The van der Waals surface area contributed by atoms with Gasteiger partial charge < -0.3 is 14.5 Å². The van der Waals surface area contributed by atoms with Gasteiger partial charge in [0.05, 0.1) is 13.2 Å². The molecule has 2 aromatic rings. The van der Waals surface area contributed by atoms with E-state index in [1.165, 1.54) is 5.56 Å². The number of methoxy groups -OCH3 is 1. The predicted octanol–water partition coefficient (Wildman–Crippen LogP) is 5.09. The van der Waals surface area contributed by atoms with Gasteiger partial charge in [0.1, 0.15) is 5.75 Å². The van der Waals surface area contributed by atoms with Gasteiger partial charge in [-0.3, -0.25) is 9.59 Å². The number of nitrogens with zero attached hydrogens (tertiary/aromatic N) is 2. The lowest BCUT2D eigenvalue weighted by atomic mass is 9.93. The molecule has 2 aromatic carbocycles. The average molecular weight is 447 g/mol. The molecule has 0 aliphatic carbocycles. The first-order valence-corrected chi connectivity index (χ1v) is 12.1. The second-order valence-electron chi connectivity index (χ2n) is 9.01. The molecule has 0 radical (unpaired) electrons. The standard InChI is InChI=1S/C28H34N2O3/c1-33-25-14-12-23(13-15-25)26-10-6-3-7-19-30(26)28(32)24-17-20-29(21-18-24)27(31)16-11-22-8-4-2-5-9-22/h2,4-5,8-9,11-16,24,26H,3,6-7,10,17-21H2,1H3/b16-11+/t26-/m0/s1. The molecule has 0 N–H and O–H groups in total. The van der Waals surface area contributed by atoms with E-state index in [1.807, 2.05) is 53.4 Å². The first-order valence-electron chi connectivity index (χ1n) is 12.1. The minimum absolute atomic E-state index is 0.00833. The maximum absolute atomic E-state index is 13.6. The van der Waals surface area contributed by atoms with Crippen LogP contribution >= 0.6 is 0 Å². The minimum Gasteiger partial charge on any atom is -0.497 e. The molecule has 0 spiro atoms. The monoisotopic (exact) mass is 446 g/mol. The van der Waals surface area contributed by atoms with Gasteiger partial charge in [-0.25, -0.2) is 0 Å². The summed E-state index contributed by atoms with van der Waals surface area (Å²) >= 11 is 0. The molecule has 174 valence electrons. The fourth-order valence-electron chi connectivity index (χ4n) is 4.96. The third kappa shape index (κ3) is 5.84. The van der Waals surface area contributed by atoms with Crippen molar-refractivity contribution in [2.24, 2.45) is 5.92 Å². The molecule has 5 heteroatoms. The van der Waals surface area contributed by atoms with E-state index in [0.29, 0.717) is 13.1 Å². The van der Waals surface area contributed by atoms with Crippen molar-refractivity contribution < 1.29 is 14.3 Å². The van der Waals surface area contributed by atoms with Crippen LogP contribution in [-0.4, -0.2) is 48.4 Å². The maximum Gasteiger partial charge on any atom is 0.246 e. The Hall–Kier alpha value is -3.08. The Morgan fingerprint density at radius 2 is 1.61 bits per heavy atom.